The van der Waals surface area contributed by atoms with E-state index in [-0.39, 0.29) is 18.9 Å². The van der Waals surface area contributed by atoms with Gasteiger partial charge in [0.25, 0.3) is 0 Å². The Balaban J connectivity index is 1.41. The Morgan fingerprint density at radius 3 is 2.39 bits per heavy atom. The molecule has 21 heteroatoms. The zero-order valence-electron chi connectivity index (χ0n) is 19.1. The largest absolute Gasteiger partial charge is 0.490 e. The molecule has 3 aliphatic heterocycles. The Kier molecular flexibility index (Phi) is 8.23. The lowest BCUT2D eigenvalue weighted by molar-refractivity contribution is -0.0680. The number of hydrogen-bond donors (Lipinski definition) is 7. The number of phosphoric ester groups is 1. The molecular weight excluding hydrogens is 575 g/mol. The molecule has 0 aromatic heterocycles. The van der Waals surface area contributed by atoms with E-state index >= 15 is 0 Å². The average Bonchev–Trinajstić information content (AvgIpc) is 3.33. The van der Waals surface area contributed by atoms with Crippen LogP contribution < -0.4 is 5.73 Å². The van der Waals surface area contributed by atoms with Crippen LogP contribution in [0, 0.1) is 0 Å². The van der Waals surface area contributed by atoms with Gasteiger partial charge in [-0.05, 0) is 5.56 Å². The fourth-order valence-electron chi connectivity index (χ4n) is 3.97. The van der Waals surface area contributed by atoms with E-state index in [0.29, 0.717) is 5.71 Å². The van der Waals surface area contributed by atoms with Crippen LogP contribution >= 0.6 is 23.5 Å². The highest BCUT2D eigenvalue weighted by molar-refractivity contribution is 7.66. The van der Waals surface area contributed by atoms with E-state index in [2.05, 4.69) is 28.1 Å². The molecule has 8 N–H and O–H groups in total. The van der Waals surface area contributed by atoms with Crippen LogP contribution in [0.1, 0.15) is 5.56 Å². The molecule has 210 valence electrons. The first-order valence-corrected chi connectivity index (χ1v) is 15.2. The van der Waals surface area contributed by atoms with Crippen molar-refractivity contribution < 1.29 is 61.4 Å². The summed E-state index contributed by atoms with van der Waals surface area (Å²) in [5, 5.41) is 21.0. The Hall–Kier alpha value is -1.72. The van der Waals surface area contributed by atoms with Crippen molar-refractivity contribution in [2.75, 3.05) is 13.3 Å². The number of aliphatic hydroxyl groups is 2. The maximum atomic E-state index is 12.0. The number of ether oxygens (including phenoxy) is 1. The molecule has 0 aliphatic carbocycles. The molecule has 3 unspecified atom stereocenters. The first-order valence-electron chi connectivity index (χ1n) is 10.7. The molecule has 0 radical (unpaired) electrons. The molecule has 3 aliphatic rings. The van der Waals surface area contributed by atoms with E-state index in [4.69, 9.17) is 20.3 Å². The lowest BCUT2D eigenvalue weighted by Gasteiger charge is -2.32. The lowest BCUT2D eigenvalue weighted by Crippen LogP contribution is -2.56. The molecular formula is C17H24N5O13P3. The molecule has 1 fully saturated rings. The number of benzene rings is 1. The molecule has 0 amide bonds. The number of fused-ring (bicyclic) bond motifs is 1. The number of aliphatic hydroxyl groups excluding tert-OH is 2. The van der Waals surface area contributed by atoms with E-state index in [1.165, 1.54) is 11.2 Å². The topological polar surface area (TPSA) is 276 Å². The van der Waals surface area contributed by atoms with Crippen molar-refractivity contribution in [3.05, 3.63) is 35.9 Å². The van der Waals surface area contributed by atoms with Gasteiger partial charge >= 0.3 is 23.5 Å². The van der Waals surface area contributed by atoms with Gasteiger partial charge in [-0.25, -0.2) is 23.7 Å². The number of nitrogens with zero attached hydrogens (tertiary/aromatic N) is 4. The molecule has 0 saturated carbocycles. The smallest absolute Gasteiger partial charge is 0.387 e. The molecule has 1 saturated heterocycles. The Bertz CT molecular complexity index is 1290. The standard InChI is InChI=1S/C17H24N5O13P3/c18-17(6-10-4-2-1-3-5-10)14-15(19-8-21-17)22(9-20-14)16-13(24)12(23)11(33-16)7-32-37(28,29)35-38(30,31)34-36(25,26)27/h1-5,8,11-13,16,23-24H,6-7,9,18H2,(H,28,29)(H,30,31)(H2,25,26,27)/t11-,12-,13-,16-,17?/m1/s1. The van der Waals surface area contributed by atoms with Gasteiger partial charge in [-0.3, -0.25) is 9.52 Å². The monoisotopic (exact) mass is 599 g/mol. The highest BCUT2D eigenvalue weighted by Crippen LogP contribution is 2.66. The normalized spacial score (nSPS) is 32.3. The third-order valence-corrected chi connectivity index (χ3v) is 9.32. The minimum atomic E-state index is -5.73. The van der Waals surface area contributed by atoms with Crippen LogP contribution in [0.15, 0.2) is 45.3 Å². The molecule has 7 atom stereocenters. The van der Waals surface area contributed by atoms with Gasteiger partial charge in [-0.2, -0.15) is 8.62 Å². The predicted octanol–water partition coefficient (Wildman–Crippen LogP) is -1.17. The minimum Gasteiger partial charge on any atom is -0.387 e. The van der Waals surface area contributed by atoms with Crippen LogP contribution in [0.2, 0.25) is 0 Å². The average molecular weight is 599 g/mol. The summed E-state index contributed by atoms with van der Waals surface area (Å²) < 4.78 is 51.5. The van der Waals surface area contributed by atoms with Crippen LogP contribution in [-0.4, -0.2) is 96.1 Å². The molecule has 38 heavy (non-hydrogen) atoms. The van der Waals surface area contributed by atoms with Gasteiger partial charge < -0.3 is 45.2 Å². The lowest BCUT2D eigenvalue weighted by atomic mass is 9.94. The number of nitrogens with two attached hydrogens (primary N) is 1. The quantitative estimate of drug-likeness (QED) is 0.156. The first kappa shape index (κ1) is 29.3. The van der Waals surface area contributed by atoms with Gasteiger partial charge in [-0.15, -0.1) is 0 Å². The number of hydrogen-bond acceptors (Lipinski definition) is 14. The first-order chi connectivity index (χ1) is 17.6. The SMILES string of the molecule is NC1(Cc2ccccc2)N=CN=C2C1=NCN2[C@@H]1O[C@H](COP(=O)(O)OP(=O)(O)OP(=O)(O)O)[C@@H](O)[C@H]1O. The van der Waals surface area contributed by atoms with Gasteiger partial charge in [0.05, 0.1) is 6.61 Å². The van der Waals surface area contributed by atoms with E-state index in [0.717, 1.165) is 5.56 Å². The predicted molar refractivity (Wildman–Crippen MR) is 128 cm³/mol. The highest BCUT2D eigenvalue weighted by atomic mass is 31.3. The molecule has 18 nitrogen and oxygen atoms in total. The third kappa shape index (κ3) is 6.70. The second kappa shape index (κ2) is 10.7. The number of aliphatic imine (C=N–C) groups is 3. The zero-order valence-corrected chi connectivity index (χ0v) is 21.8. The maximum Gasteiger partial charge on any atom is 0.490 e. The van der Waals surface area contributed by atoms with Crippen LogP contribution in [0.5, 0.6) is 0 Å². The molecule has 1 aromatic rings. The summed E-state index contributed by atoms with van der Waals surface area (Å²) in [5.74, 6) is 0.225. The van der Waals surface area contributed by atoms with Crippen molar-refractivity contribution in [2.24, 2.45) is 20.7 Å². The molecule has 0 bridgehead atoms. The van der Waals surface area contributed by atoms with Gasteiger partial charge in [0.15, 0.2) is 17.7 Å². The third-order valence-electron chi connectivity index (χ3n) is 5.52. The summed E-state index contributed by atoms with van der Waals surface area (Å²) in [5.41, 5.74) is 6.45. The van der Waals surface area contributed by atoms with Gasteiger partial charge in [0.1, 0.15) is 37.0 Å². The second-order valence-electron chi connectivity index (χ2n) is 8.33. The fraction of sp³-hybridized carbons (Fsp3) is 0.471. The minimum absolute atomic E-state index is 0.0810. The zero-order chi connectivity index (χ0) is 27.9. The molecule has 0 spiro atoms. The van der Waals surface area contributed by atoms with Crippen molar-refractivity contribution >= 4 is 41.4 Å². The van der Waals surface area contributed by atoms with Crippen molar-refractivity contribution in [1.29, 1.82) is 0 Å². The molecule has 1 aromatic carbocycles. The summed E-state index contributed by atoms with van der Waals surface area (Å²) in [6, 6.07) is 9.27. The van der Waals surface area contributed by atoms with Crippen LogP contribution in [0.25, 0.3) is 0 Å². The van der Waals surface area contributed by atoms with Crippen molar-refractivity contribution in [1.82, 2.24) is 4.90 Å². The van der Waals surface area contributed by atoms with Crippen molar-refractivity contribution in [2.45, 2.75) is 36.6 Å². The summed E-state index contributed by atoms with van der Waals surface area (Å²) in [6.45, 7) is -1.04. The van der Waals surface area contributed by atoms with E-state index < -0.39 is 60.3 Å². The van der Waals surface area contributed by atoms with Gasteiger partial charge in [0.2, 0.25) is 0 Å². The summed E-state index contributed by atoms with van der Waals surface area (Å²) in [7, 11) is -16.8. The summed E-state index contributed by atoms with van der Waals surface area (Å²) in [6.07, 6.45) is -4.49. The van der Waals surface area contributed by atoms with E-state index in [9.17, 15) is 33.7 Å². The van der Waals surface area contributed by atoms with Gasteiger partial charge in [-0.1, -0.05) is 30.3 Å². The maximum absolute atomic E-state index is 12.0. The van der Waals surface area contributed by atoms with Crippen LogP contribution in [0.3, 0.4) is 0 Å². The second-order valence-corrected chi connectivity index (χ2v) is 12.8. The van der Waals surface area contributed by atoms with Crippen molar-refractivity contribution in [3.63, 3.8) is 0 Å². The number of amidine groups is 1. The van der Waals surface area contributed by atoms with E-state index in [1.54, 1.807) is 0 Å². The summed E-state index contributed by atoms with van der Waals surface area (Å²) >= 11 is 0. The fourth-order valence-corrected chi connectivity index (χ4v) is 7.00. The highest BCUT2D eigenvalue weighted by Gasteiger charge is 2.51. The molecule has 3 heterocycles. The van der Waals surface area contributed by atoms with Crippen LogP contribution in [-0.2, 0) is 38.0 Å². The Morgan fingerprint density at radius 2 is 1.74 bits per heavy atom. The Labute approximate surface area is 214 Å². The number of rotatable bonds is 10. The molecule has 4 rings (SSSR count). The summed E-state index contributed by atoms with van der Waals surface area (Å²) in [4.78, 5) is 50.3. The Morgan fingerprint density at radius 1 is 1.05 bits per heavy atom. The van der Waals surface area contributed by atoms with Crippen molar-refractivity contribution in [3.8, 4) is 0 Å². The van der Waals surface area contributed by atoms with E-state index in [1.807, 2.05) is 30.3 Å². The van der Waals surface area contributed by atoms with Gasteiger partial charge in [0, 0.05) is 6.42 Å². The van der Waals surface area contributed by atoms with Crippen LogP contribution in [0.4, 0.5) is 0 Å². The number of phosphoric acid groups is 3.